The van der Waals surface area contributed by atoms with Crippen molar-refractivity contribution in [1.29, 1.82) is 0 Å². The lowest BCUT2D eigenvalue weighted by Gasteiger charge is -2.12. The fourth-order valence-corrected chi connectivity index (χ4v) is 1.86. The Morgan fingerprint density at radius 3 is 2.95 bits per heavy atom. The van der Waals surface area contributed by atoms with Crippen LogP contribution in [0.3, 0.4) is 0 Å². The summed E-state index contributed by atoms with van der Waals surface area (Å²) in [5.74, 6) is 6.02. The summed E-state index contributed by atoms with van der Waals surface area (Å²) in [4.78, 5) is 4.35. The van der Waals surface area contributed by atoms with Gasteiger partial charge in [0.05, 0.1) is 0 Å². The minimum absolute atomic E-state index is 0.553. The number of nitrogens with zero attached hydrogens (tertiary/aromatic N) is 1. The fraction of sp³-hybridized carbons (Fsp3) is 0.462. The molecule has 0 unspecified atom stereocenters. The van der Waals surface area contributed by atoms with Crippen molar-refractivity contribution in [2.45, 2.75) is 20.3 Å². The monoisotopic (exact) mass is 328 g/mol. The van der Waals surface area contributed by atoms with Gasteiger partial charge in [-0.05, 0) is 38.0 Å². The third-order valence-electron chi connectivity index (χ3n) is 2.58. The Morgan fingerprint density at radius 2 is 2.26 bits per heavy atom. The molecule has 0 aromatic heterocycles. The van der Waals surface area contributed by atoms with Gasteiger partial charge in [0.15, 0.2) is 0 Å². The minimum Gasteiger partial charge on any atom is -0.382 e. The maximum Gasteiger partial charge on any atom is 0.210 e. The van der Waals surface area contributed by atoms with Gasteiger partial charge >= 0.3 is 0 Å². The Morgan fingerprint density at radius 1 is 1.47 bits per heavy atom. The van der Waals surface area contributed by atoms with E-state index in [9.17, 15) is 0 Å². The Labute approximate surface area is 122 Å². The van der Waals surface area contributed by atoms with Crippen molar-refractivity contribution in [1.82, 2.24) is 5.43 Å². The van der Waals surface area contributed by atoms with Crippen LogP contribution in [-0.4, -0.2) is 25.7 Å². The van der Waals surface area contributed by atoms with Gasteiger partial charge in [0.25, 0.3) is 0 Å². The number of nitrogens with one attached hydrogen (secondary N) is 2. The van der Waals surface area contributed by atoms with Gasteiger partial charge in [-0.25, -0.2) is 5.84 Å². The van der Waals surface area contributed by atoms with Crippen LogP contribution in [0.25, 0.3) is 0 Å². The second-order valence-electron chi connectivity index (χ2n) is 3.96. The predicted molar refractivity (Wildman–Crippen MR) is 83.2 cm³/mol. The van der Waals surface area contributed by atoms with Crippen molar-refractivity contribution < 1.29 is 4.74 Å². The van der Waals surface area contributed by atoms with Crippen molar-refractivity contribution in [3.8, 4) is 0 Å². The maximum atomic E-state index is 5.46. The molecule has 0 aliphatic rings. The van der Waals surface area contributed by atoms with Gasteiger partial charge in [-0.1, -0.05) is 22.0 Å². The standard InChI is InChI=1S/C13H21BrN4O/c1-3-19-9-5-8-16-13(18-15)17-12-7-4-6-11(14)10(12)2/h4,6-7H,3,5,8-9,15H2,1-2H3,(H2,16,17,18). The molecule has 0 saturated carbocycles. The summed E-state index contributed by atoms with van der Waals surface area (Å²) in [6.45, 7) is 6.12. The molecule has 1 aromatic rings. The summed E-state index contributed by atoms with van der Waals surface area (Å²) in [5, 5.41) is 3.17. The van der Waals surface area contributed by atoms with Crippen molar-refractivity contribution in [2.24, 2.45) is 10.8 Å². The number of hydrogen-bond donors (Lipinski definition) is 3. The summed E-state index contributed by atoms with van der Waals surface area (Å²) in [6, 6.07) is 5.94. The van der Waals surface area contributed by atoms with Gasteiger partial charge in [0.1, 0.15) is 0 Å². The van der Waals surface area contributed by atoms with Crippen molar-refractivity contribution in [3.63, 3.8) is 0 Å². The summed E-state index contributed by atoms with van der Waals surface area (Å²) >= 11 is 3.49. The van der Waals surface area contributed by atoms with E-state index in [1.165, 1.54) is 0 Å². The molecular formula is C13H21BrN4O. The van der Waals surface area contributed by atoms with Crippen molar-refractivity contribution in [3.05, 3.63) is 28.2 Å². The number of benzene rings is 1. The van der Waals surface area contributed by atoms with Gasteiger partial charge in [0.2, 0.25) is 5.96 Å². The fourth-order valence-electron chi connectivity index (χ4n) is 1.49. The van der Waals surface area contributed by atoms with E-state index in [4.69, 9.17) is 10.6 Å². The molecule has 5 nitrogen and oxygen atoms in total. The highest BCUT2D eigenvalue weighted by Crippen LogP contribution is 2.23. The number of nitrogens with two attached hydrogens (primary N) is 1. The van der Waals surface area contributed by atoms with E-state index >= 15 is 0 Å². The SMILES string of the molecule is CCOCCCN=C(NN)Nc1cccc(Br)c1C. The zero-order valence-corrected chi connectivity index (χ0v) is 13.0. The number of anilines is 1. The zero-order valence-electron chi connectivity index (χ0n) is 11.4. The maximum absolute atomic E-state index is 5.46. The van der Waals surface area contributed by atoms with Crippen LogP contribution in [0.2, 0.25) is 0 Å². The Bertz CT molecular complexity index is 423. The van der Waals surface area contributed by atoms with Gasteiger partial charge in [-0.2, -0.15) is 0 Å². The van der Waals surface area contributed by atoms with Crippen LogP contribution in [0, 0.1) is 6.92 Å². The topological polar surface area (TPSA) is 71.7 Å². The first-order valence-corrected chi connectivity index (χ1v) is 7.09. The molecule has 4 N–H and O–H groups in total. The van der Waals surface area contributed by atoms with E-state index in [-0.39, 0.29) is 0 Å². The Hall–Kier alpha value is -1.11. The largest absolute Gasteiger partial charge is 0.382 e. The number of rotatable bonds is 6. The molecule has 0 aliphatic carbocycles. The second kappa shape index (κ2) is 8.90. The number of halogens is 1. The smallest absolute Gasteiger partial charge is 0.210 e. The third kappa shape index (κ3) is 5.59. The molecule has 0 saturated heterocycles. The molecule has 0 fully saturated rings. The molecule has 0 amide bonds. The average Bonchev–Trinajstić information content (AvgIpc) is 2.42. The highest BCUT2D eigenvalue weighted by molar-refractivity contribution is 9.10. The zero-order chi connectivity index (χ0) is 14.1. The molecule has 19 heavy (non-hydrogen) atoms. The molecule has 0 bridgehead atoms. The average molecular weight is 329 g/mol. The first-order chi connectivity index (χ1) is 9.19. The molecule has 1 aromatic carbocycles. The summed E-state index contributed by atoms with van der Waals surface area (Å²) in [7, 11) is 0. The van der Waals surface area contributed by atoms with E-state index in [1.54, 1.807) is 0 Å². The number of hydrazine groups is 1. The lowest BCUT2D eigenvalue weighted by molar-refractivity contribution is 0.146. The molecule has 0 aliphatic heterocycles. The van der Waals surface area contributed by atoms with Crippen molar-refractivity contribution in [2.75, 3.05) is 25.1 Å². The summed E-state index contributed by atoms with van der Waals surface area (Å²) < 4.78 is 6.30. The predicted octanol–water partition coefficient (Wildman–Crippen LogP) is 2.42. The van der Waals surface area contributed by atoms with Crippen molar-refractivity contribution >= 4 is 27.6 Å². The molecule has 0 atom stereocenters. The van der Waals surface area contributed by atoms with Crippen LogP contribution in [0.1, 0.15) is 18.9 Å². The van der Waals surface area contributed by atoms with Gasteiger partial charge in [-0.3, -0.25) is 10.4 Å². The molecule has 0 radical (unpaired) electrons. The molecule has 106 valence electrons. The number of hydrogen-bond acceptors (Lipinski definition) is 3. The van der Waals surface area contributed by atoms with Crippen LogP contribution in [-0.2, 0) is 4.74 Å². The molecule has 0 heterocycles. The van der Waals surface area contributed by atoms with Crippen LogP contribution in [0.4, 0.5) is 5.69 Å². The summed E-state index contributed by atoms with van der Waals surface area (Å²) in [5.41, 5.74) is 4.65. The lowest BCUT2D eigenvalue weighted by atomic mass is 10.2. The van der Waals surface area contributed by atoms with E-state index in [1.807, 2.05) is 32.0 Å². The first kappa shape index (κ1) is 15.9. The lowest BCUT2D eigenvalue weighted by Crippen LogP contribution is -2.36. The van der Waals surface area contributed by atoms with Gasteiger partial charge in [0, 0.05) is 29.9 Å². The van der Waals surface area contributed by atoms with E-state index < -0.39 is 0 Å². The van der Waals surface area contributed by atoms with Crippen LogP contribution >= 0.6 is 15.9 Å². The molecular weight excluding hydrogens is 308 g/mol. The Balaban J connectivity index is 2.56. The Kier molecular flexibility index (Phi) is 7.47. The molecule has 1 rings (SSSR count). The quantitative estimate of drug-likeness (QED) is 0.246. The van der Waals surface area contributed by atoms with Crippen LogP contribution in [0.15, 0.2) is 27.7 Å². The van der Waals surface area contributed by atoms with Crippen LogP contribution in [0.5, 0.6) is 0 Å². The van der Waals surface area contributed by atoms with E-state index in [2.05, 4.69) is 31.7 Å². The highest BCUT2D eigenvalue weighted by Gasteiger charge is 2.03. The number of ether oxygens (including phenoxy) is 1. The van der Waals surface area contributed by atoms with E-state index in [0.29, 0.717) is 19.1 Å². The van der Waals surface area contributed by atoms with Gasteiger partial charge < -0.3 is 10.1 Å². The second-order valence-corrected chi connectivity index (χ2v) is 4.82. The molecule has 0 spiro atoms. The first-order valence-electron chi connectivity index (χ1n) is 6.30. The number of aliphatic imine (C=N–C) groups is 1. The normalized spacial score (nSPS) is 11.5. The third-order valence-corrected chi connectivity index (χ3v) is 3.44. The number of guanidine groups is 1. The van der Waals surface area contributed by atoms with Gasteiger partial charge in [-0.15, -0.1) is 0 Å². The highest BCUT2D eigenvalue weighted by atomic mass is 79.9. The van der Waals surface area contributed by atoms with E-state index in [0.717, 1.165) is 28.8 Å². The summed E-state index contributed by atoms with van der Waals surface area (Å²) in [6.07, 6.45) is 0.873. The molecule has 6 heteroatoms. The minimum atomic E-state index is 0.553. The van der Waals surface area contributed by atoms with Crippen LogP contribution < -0.4 is 16.6 Å².